The van der Waals surface area contributed by atoms with Gasteiger partial charge in [-0.3, -0.25) is 4.99 Å². The van der Waals surface area contributed by atoms with Crippen molar-refractivity contribution < 1.29 is 14.6 Å². The van der Waals surface area contributed by atoms with Crippen molar-refractivity contribution in [1.82, 2.24) is 9.80 Å². The zero-order chi connectivity index (χ0) is 31.6. The van der Waals surface area contributed by atoms with E-state index in [4.69, 9.17) is 4.74 Å². The lowest BCUT2D eigenvalue weighted by atomic mass is 9.91. The van der Waals surface area contributed by atoms with Gasteiger partial charge in [-0.2, -0.15) is 0 Å². The Morgan fingerprint density at radius 1 is 1.30 bits per heavy atom. The Bertz CT molecular complexity index is 1180. The Morgan fingerprint density at radius 3 is 2.77 bits per heavy atom. The van der Waals surface area contributed by atoms with Crippen molar-refractivity contribution in [3.05, 3.63) is 88.6 Å². The van der Waals surface area contributed by atoms with Gasteiger partial charge in [-0.25, -0.2) is 4.79 Å². The smallest absolute Gasteiger partial charge is 0.146 e. The van der Waals surface area contributed by atoms with Crippen molar-refractivity contribution in [2.24, 2.45) is 16.8 Å². The van der Waals surface area contributed by atoms with Crippen LogP contribution in [0.15, 0.2) is 93.6 Å². The van der Waals surface area contributed by atoms with Gasteiger partial charge in [0.15, 0.2) is 0 Å². The number of allylic oxidation sites excluding steroid dienone is 11. The third kappa shape index (κ3) is 12.4. The van der Waals surface area contributed by atoms with Crippen molar-refractivity contribution in [2.75, 3.05) is 47.4 Å². The van der Waals surface area contributed by atoms with Gasteiger partial charge in [0.1, 0.15) is 17.4 Å². The molecule has 1 aliphatic heterocycles. The molecule has 1 N–H and O–H groups in total. The van der Waals surface area contributed by atoms with Gasteiger partial charge >= 0.3 is 0 Å². The SMILES string of the molecule is C=CCC/C(O)=C\C/C=C(\C)C1=CCC([C@@H](C)CC)=C(C=NC)C(OCC2CCN(C(=C=O)C/C=C/CCN(C)C)C2)=C1. The van der Waals surface area contributed by atoms with Crippen molar-refractivity contribution >= 4 is 12.2 Å². The Labute approximate surface area is 261 Å². The Hall–Kier alpha value is -3.34. The fraction of sp³-hybridized carbons (Fsp3) is 0.541. The highest BCUT2D eigenvalue weighted by atomic mass is 16.5. The van der Waals surface area contributed by atoms with E-state index in [1.807, 2.05) is 25.4 Å². The van der Waals surface area contributed by atoms with Crippen LogP contribution in [0, 0.1) is 11.8 Å². The van der Waals surface area contributed by atoms with Crippen molar-refractivity contribution in [2.45, 2.75) is 72.1 Å². The summed E-state index contributed by atoms with van der Waals surface area (Å²) in [5, 5.41) is 10.1. The summed E-state index contributed by atoms with van der Waals surface area (Å²) in [7, 11) is 5.94. The molecule has 236 valence electrons. The molecule has 6 nitrogen and oxygen atoms in total. The first-order valence-corrected chi connectivity index (χ1v) is 15.9. The largest absolute Gasteiger partial charge is 0.513 e. The first-order chi connectivity index (χ1) is 20.7. The minimum atomic E-state index is 0.324. The highest BCUT2D eigenvalue weighted by Crippen LogP contribution is 2.33. The molecular formula is C37H55N3O3. The zero-order valence-corrected chi connectivity index (χ0v) is 27.6. The number of hydrogen-bond donors (Lipinski definition) is 1. The van der Waals surface area contributed by atoms with Crippen LogP contribution < -0.4 is 0 Å². The van der Waals surface area contributed by atoms with E-state index in [-0.39, 0.29) is 0 Å². The van der Waals surface area contributed by atoms with Gasteiger partial charge < -0.3 is 19.6 Å². The van der Waals surface area contributed by atoms with Gasteiger partial charge in [0.05, 0.1) is 12.4 Å². The molecule has 1 heterocycles. The average Bonchev–Trinajstić information content (AvgIpc) is 3.38. The van der Waals surface area contributed by atoms with E-state index in [0.29, 0.717) is 43.5 Å². The number of rotatable bonds is 18. The molecule has 6 heteroatoms. The van der Waals surface area contributed by atoms with E-state index in [9.17, 15) is 9.90 Å². The number of hydrogen-bond acceptors (Lipinski definition) is 6. The summed E-state index contributed by atoms with van der Waals surface area (Å²) in [5.74, 6) is 4.18. The van der Waals surface area contributed by atoms with Crippen LogP contribution in [0.4, 0.5) is 0 Å². The number of nitrogens with zero attached hydrogens (tertiary/aromatic N) is 3. The van der Waals surface area contributed by atoms with Crippen LogP contribution in [0.5, 0.6) is 0 Å². The van der Waals surface area contributed by atoms with Gasteiger partial charge in [0, 0.05) is 57.2 Å². The van der Waals surface area contributed by atoms with Crippen molar-refractivity contribution in [3.8, 4) is 0 Å². The van der Waals surface area contributed by atoms with Crippen molar-refractivity contribution in [3.63, 3.8) is 0 Å². The van der Waals surface area contributed by atoms with Gasteiger partial charge in [0.2, 0.25) is 0 Å². The summed E-state index contributed by atoms with van der Waals surface area (Å²) in [6.45, 7) is 13.6. The predicted octanol–water partition coefficient (Wildman–Crippen LogP) is 7.94. The number of aliphatic hydroxyl groups excluding tert-OH is 1. The monoisotopic (exact) mass is 589 g/mol. The number of carbonyl (C=O) groups excluding carboxylic acids is 1. The fourth-order valence-electron chi connectivity index (χ4n) is 5.29. The quantitative estimate of drug-likeness (QED) is 0.0761. The van der Waals surface area contributed by atoms with Gasteiger partial charge in [-0.05, 0) is 88.8 Å². The second kappa shape index (κ2) is 19.8. The van der Waals surface area contributed by atoms with E-state index in [2.05, 4.69) is 92.6 Å². The normalized spacial score (nSPS) is 19.1. The molecule has 0 spiro atoms. The Balaban J connectivity index is 2.19. The second-order valence-electron chi connectivity index (χ2n) is 11.9. The molecule has 43 heavy (non-hydrogen) atoms. The lowest BCUT2D eigenvalue weighted by Crippen LogP contribution is -2.22. The molecule has 0 bridgehead atoms. The molecule has 1 aliphatic carbocycles. The van der Waals surface area contributed by atoms with E-state index in [1.54, 1.807) is 0 Å². The zero-order valence-electron chi connectivity index (χ0n) is 27.6. The maximum atomic E-state index is 11.8. The van der Waals surface area contributed by atoms with E-state index >= 15 is 0 Å². The lowest BCUT2D eigenvalue weighted by molar-refractivity contribution is 0.175. The molecule has 1 unspecified atom stereocenters. The van der Waals surface area contributed by atoms with E-state index in [0.717, 1.165) is 79.9 Å². The molecule has 2 rings (SSSR count). The summed E-state index contributed by atoms with van der Waals surface area (Å²) in [6.07, 6.45) is 23.0. The van der Waals surface area contributed by atoms with Gasteiger partial charge in [-0.15, -0.1) is 6.58 Å². The molecule has 2 atom stereocenters. The van der Waals surface area contributed by atoms with Crippen molar-refractivity contribution in [1.29, 1.82) is 0 Å². The maximum absolute atomic E-state index is 11.8. The fourth-order valence-corrected chi connectivity index (χ4v) is 5.29. The number of aliphatic imine (C=N–C) groups is 1. The summed E-state index contributed by atoms with van der Waals surface area (Å²) >= 11 is 0. The molecule has 0 aromatic carbocycles. The molecule has 0 aromatic heterocycles. The molecule has 0 amide bonds. The number of ether oxygens (including phenoxy) is 1. The third-order valence-electron chi connectivity index (χ3n) is 8.22. The molecule has 0 radical (unpaired) electrons. The first-order valence-electron chi connectivity index (χ1n) is 15.9. The maximum Gasteiger partial charge on any atom is 0.146 e. The van der Waals surface area contributed by atoms with Gasteiger partial charge in [-0.1, -0.05) is 49.8 Å². The van der Waals surface area contributed by atoms with Crippen LogP contribution in [-0.4, -0.2) is 74.4 Å². The highest BCUT2D eigenvalue weighted by Gasteiger charge is 2.26. The molecule has 0 saturated carbocycles. The van der Waals surface area contributed by atoms with Crippen LogP contribution in [-0.2, 0) is 9.53 Å². The second-order valence-corrected chi connectivity index (χ2v) is 11.9. The standard InChI is InChI=1S/C37H55N3O3/c1-8-10-17-34(42)18-14-15-30(4)32-19-20-35(29(3)9-2)36(25-38-5)37(24-32)43-28-31-21-23-40(26-31)33(27-41)16-12-11-13-22-39(6)7/h8,11-12,15,18-19,24-25,29,31,42H,1,9-10,13-14,16-17,20-23,26,28H2,2-7H3/b12-11+,30-15+,34-18+,38-25?/t29-,31?/m0/s1. The summed E-state index contributed by atoms with van der Waals surface area (Å²) in [5.41, 5.74) is 5.42. The summed E-state index contributed by atoms with van der Waals surface area (Å²) in [6, 6.07) is 0. The van der Waals surface area contributed by atoms with Crippen LogP contribution in [0.1, 0.15) is 72.1 Å². The molecule has 0 aromatic rings. The molecular weight excluding hydrogens is 534 g/mol. The topological polar surface area (TPSA) is 65.4 Å². The number of aliphatic hydroxyl groups is 1. The lowest BCUT2D eigenvalue weighted by Gasteiger charge is -2.21. The predicted molar refractivity (Wildman–Crippen MR) is 182 cm³/mol. The first kappa shape index (κ1) is 35.9. The van der Waals surface area contributed by atoms with Crippen LogP contribution in [0.3, 0.4) is 0 Å². The third-order valence-corrected chi connectivity index (χ3v) is 8.22. The van der Waals surface area contributed by atoms with Crippen LogP contribution in [0.25, 0.3) is 0 Å². The Morgan fingerprint density at radius 2 is 2.09 bits per heavy atom. The summed E-state index contributed by atoms with van der Waals surface area (Å²) < 4.78 is 6.63. The minimum absolute atomic E-state index is 0.324. The molecule has 2 aliphatic rings. The minimum Gasteiger partial charge on any atom is -0.513 e. The van der Waals surface area contributed by atoms with E-state index in [1.165, 1.54) is 5.57 Å². The highest BCUT2D eigenvalue weighted by molar-refractivity contribution is 5.86. The van der Waals surface area contributed by atoms with E-state index < -0.39 is 0 Å². The molecule has 1 saturated heterocycles. The van der Waals surface area contributed by atoms with Crippen LogP contribution in [0.2, 0.25) is 0 Å². The molecule has 1 fully saturated rings. The Kier molecular flexibility index (Phi) is 16.5. The van der Waals surface area contributed by atoms with Gasteiger partial charge in [0.25, 0.3) is 0 Å². The summed E-state index contributed by atoms with van der Waals surface area (Å²) in [4.78, 5) is 20.5. The number of likely N-dealkylation sites (tertiary alicyclic amines) is 1. The average molecular weight is 590 g/mol. The van der Waals surface area contributed by atoms with Crippen LogP contribution >= 0.6 is 0 Å².